The summed E-state index contributed by atoms with van der Waals surface area (Å²) in [6, 6.07) is 3.13. The fourth-order valence-corrected chi connectivity index (χ4v) is 4.05. The summed E-state index contributed by atoms with van der Waals surface area (Å²) in [7, 11) is 0. The van der Waals surface area contributed by atoms with Crippen molar-refractivity contribution in [2.45, 2.75) is 38.4 Å². The number of rotatable bonds is 7. The zero-order valence-electron chi connectivity index (χ0n) is 17.8. The number of amides is 2. The molecule has 0 bridgehead atoms. The minimum absolute atomic E-state index is 0.0787. The maximum absolute atomic E-state index is 12.9. The molecule has 0 radical (unpaired) electrons. The van der Waals surface area contributed by atoms with E-state index in [-0.39, 0.29) is 19.0 Å². The van der Waals surface area contributed by atoms with Gasteiger partial charge in [0, 0.05) is 39.3 Å². The fraction of sp³-hybridized carbons (Fsp3) is 0.714. The molecule has 0 spiro atoms. The average Bonchev–Trinajstić information content (AvgIpc) is 3.06. The van der Waals surface area contributed by atoms with E-state index in [0.717, 1.165) is 30.8 Å². The lowest BCUT2D eigenvalue weighted by Crippen LogP contribution is -2.52. The molecule has 1 aromatic heterocycles. The van der Waals surface area contributed by atoms with Crippen molar-refractivity contribution in [2.24, 2.45) is 0 Å². The number of hydrogen-bond acceptors (Lipinski definition) is 5. The maximum Gasteiger partial charge on any atom is 0.406 e. The van der Waals surface area contributed by atoms with Gasteiger partial charge in [-0.2, -0.15) is 13.2 Å². The van der Waals surface area contributed by atoms with E-state index >= 15 is 0 Å². The summed E-state index contributed by atoms with van der Waals surface area (Å²) in [5, 5.41) is 0. The molecule has 1 aromatic rings. The Bertz CT molecular complexity index is 695. The van der Waals surface area contributed by atoms with Gasteiger partial charge in [-0.05, 0) is 25.0 Å². The second-order valence-corrected chi connectivity index (χ2v) is 8.29. The highest BCUT2D eigenvalue weighted by Crippen LogP contribution is 2.19. The summed E-state index contributed by atoms with van der Waals surface area (Å²) in [5.41, 5.74) is 0. The van der Waals surface area contributed by atoms with E-state index in [1.807, 2.05) is 9.80 Å². The van der Waals surface area contributed by atoms with Crippen LogP contribution in [-0.2, 0) is 16.1 Å². The van der Waals surface area contributed by atoms with Crippen LogP contribution in [0.4, 0.5) is 13.2 Å². The van der Waals surface area contributed by atoms with Gasteiger partial charge in [-0.15, -0.1) is 0 Å². The summed E-state index contributed by atoms with van der Waals surface area (Å²) in [6.07, 6.45) is 1.33. The molecule has 31 heavy (non-hydrogen) atoms. The van der Waals surface area contributed by atoms with Crippen LogP contribution in [0.3, 0.4) is 0 Å². The highest BCUT2D eigenvalue weighted by molar-refractivity contribution is 5.79. The number of piperazine rings is 1. The average molecular weight is 444 g/mol. The summed E-state index contributed by atoms with van der Waals surface area (Å²) in [6.45, 7) is 2.71. The number of hydrogen-bond donors (Lipinski definition) is 0. The van der Waals surface area contributed by atoms with Crippen LogP contribution in [0, 0.1) is 0 Å². The number of alkyl halides is 3. The molecular weight excluding hydrogens is 413 g/mol. The van der Waals surface area contributed by atoms with Crippen LogP contribution >= 0.6 is 0 Å². The van der Waals surface area contributed by atoms with E-state index < -0.39 is 18.6 Å². The second kappa shape index (κ2) is 11.0. The molecule has 2 amide bonds. The Morgan fingerprint density at radius 2 is 1.55 bits per heavy atom. The summed E-state index contributed by atoms with van der Waals surface area (Å²) in [5.74, 6) is -0.126. The number of carbonyl (C=O) groups excluding carboxylic acids is 2. The molecule has 2 fully saturated rings. The first-order valence-electron chi connectivity index (χ1n) is 10.9. The molecule has 10 heteroatoms. The normalized spacial score (nSPS) is 19.3. The monoisotopic (exact) mass is 444 g/mol. The Hall–Kier alpha value is -2.07. The molecule has 2 aliphatic heterocycles. The molecular formula is C21H31F3N4O3. The van der Waals surface area contributed by atoms with Crippen LogP contribution in [0.1, 0.15) is 31.4 Å². The first kappa shape index (κ1) is 23.6. The minimum atomic E-state index is -4.48. The van der Waals surface area contributed by atoms with Crippen LogP contribution in [0.15, 0.2) is 22.8 Å². The molecule has 0 unspecified atom stereocenters. The summed E-state index contributed by atoms with van der Waals surface area (Å²) in [4.78, 5) is 31.8. The largest absolute Gasteiger partial charge is 0.467 e. The highest BCUT2D eigenvalue weighted by Gasteiger charge is 2.34. The van der Waals surface area contributed by atoms with E-state index in [1.165, 1.54) is 19.1 Å². The lowest BCUT2D eigenvalue weighted by Gasteiger charge is -2.36. The van der Waals surface area contributed by atoms with Crippen molar-refractivity contribution in [3.8, 4) is 0 Å². The topological polar surface area (TPSA) is 60.2 Å². The second-order valence-electron chi connectivity index (χ2n) is 8.29. The number of halogens is 3. The van der Waals surface area contributed by atoms with Crippen molar-refractivity contribution in [2.75, 3.05) is 58.9 Å². The lowest BCUT2D eigenvalue weighted by molar-refractivity contribution is -0.163. The molecule has 3 heterocycles. The maximum atomic E-state index is 12.9. The van der Waals surface area contributed by atoms with Gasteiger partial charge in [-0.1, -0.05) is 12.8 Å². The van der Waals surface area contributed by atoms with Crippen LogP contribution in [0.25, 0.3) is 0 Å². The molecule has 7 nitrogen and oxygen atoms in total. The number of furan rings is 1. The van der Waals surface area contributed by atoms with Gasteiger partial charge in [0.1, 0.15) is 12.3 Å². The van der Waals surface area contributed by atoms with Gasteiger partial charge in [-0.3, -0.25) is 19.4 Å². The highest BCUT2D eigenvalue weighted by atomic mass is 19.4. The van der Waals surface area contributed by atoms with Gasteiger partial charge in [0.25, 0.3) is 0 Å². The molecule has 0 aromatic carbocycles. The van der Waals surface area contributed by atoms with E-state index in [4.69, 9.17) is 4.42 Å². The molecule has 174 valence electrons. The van der Waals surface area contributed by atoms with Crippen LogP contribution in [-0.4, -0.2) is 96.5 Å². The minimum Gasteiger partial charge on any atom is -0.467 e. The van der Waals surface area contributed by atoms with Crippen molar-refractivity contribution < 1.29 is 27.2 Å². The molecule has 0 aliphatic carbocycles. The predicted molar refractivity (Wildman–Crippen MR) is 108 cm³/mol. The Morgan fingerprint density at radius 3 is 2.10 bits per heavy atom. The van der Waals surface area contributed by atoms with E-state index in [2.05, 4.69) is 4.90 Å². The Morgan fingerprint density at radius 1 is 0.935 bits per heavy atom. The first-order chi connectivity index (χ1) is 14.8. The number of nitrogens with zero attached hydrogens (tertiary/aromatic N) is 4. The van der Waals surface area contributed by atoms with Gasteiger partial charge in [0.05, 0.1) is 25.9 Å². The predicted octanol–water partition coefficient (Wildman–Crippen LogP) is 2.19. The van der Waals surface area contributed by atoms with Gasteiger partial charge in [0.15, 0.2) is 0 Å². The van der Waals surface area contributed by atoms with Crippen LogP contribution in [0.5, 0.6) is 0 Å². The third kappa shape index (κ3) is 7.84. The lowest BCUT2D eigenvalue weighted by atomic mass is 10.2. The fourth-order valence-electron chi connectivity index (χ4n) is 4.05. The Kier molecular flexibility index (Phi) is 8.36. The van der Waals surface area contributed by atoms with Crippen LogP contribution < -0.4 is 0 Å². The van der Waals surface area contributed by atoms with Gasteiger partial charge < -0.3 is 14.2 Å². The summed E-state index contributed by atoms with van der Waals surface area (Å²) < 4.78 is 43.9. The molecule has 0 atom stereocenters. The molecule has 0 N–H and O–H groups in total. The molecule has 2 saturated heterocycles. The third-order valence-electron chi connectivity index (χ3n) is 5.79. The van der Waals surface area contributed by atoms with Crippen molar-refractivity contribution in [3.63, 3.8) is 0 Å². The molecule has 0 saturated carbocycles. The molecule has 2 aliphatic rings. The van der Waals surface area contributed by atoms with Gasteiger partial charge >= 0.3 is 6.18 Å². The smallest absolute Gasteiger partial charge is 0.406 e. The Labute approximate surface area is 180 Å². The van der Waals surface area contributed by atoms with Crippen molar-refractivity contribution in [1.82, 2.24) is 19.6 Å². The van der Waals surface area contributed by atoms with Crippen LogP contribution in [0.2, 0.25) is 0 Å². The summed E-state index contributed by atoms with van der Waals surface area (Å²) >= 11 is 0. The SMILES string of the molecule is O=C(CN1CCN(CC(=O)N(Cc2ccco2)CC(F)(F)F)CC1)N1CCCCCC1. The van der Waals surface area contributed by atoms with E-state index in [1.54, 1.807) is 12.1 Å². The third-order valence-corrected chi connectivity index (χ3v) is 5.79. The van der Waals surface area contributed by atoms with Gasteiger partial charge in [0.2, 0.25) is 11.8 Å². The Balaban J connectivity index is 1.45. The van der Waals surface area contributed by atoms with E-state index in [0.29, 0.717) is 38.5 Å². The molecule has 3 rings (SSSR count). The zero-order valence-corrected chi connectivity index (χ0v) is 17.8. The van der Waals surface area contributed by atoms with Gasteiger partial charge in [-0.25, -0.2) is 0 Å². The number of carbonyl (C=O) groups is 2. The van der Waals surface area contributed by atoms with Crippen molar-refractivity contribution in [1.29, 1.82) is 0 Å². The zero-order chi connectivity index (χ0) is 22.3. The standard InChI is InChI=1S/C21H31F3N4O3/c22-21(23,24)17-28(14-18-6-5-13-31-18)20(30)16-26-11-9-25(10-12-26)15-19(29)27-7-3-1-2-4-8-27/h5-6,13H,1-4,7-12,14-17H2. The first-order valence-corrected chi connectivity index (χ1v) is 10.9. The van der Waals surface area contributed by atoms with Crippen molar-refractivity contribution in [3.05, 3.63) is 24.2 Å². The van der Waals surface area contributed by atoms with E-state index in [9.17, 15) is 22.8 Å². The van der Waals surface area contributed by atoms with Crippen molar-refractivity contribution >= 4 is 11.8 Å². The number of likely N-dealkylation sites (tertiary alicyclic amines) is 1. The quantitative estimate of drug-likeness (QED) is 0.645.